The number of nitrogens with one attached hydrogen (secondary N) is 1. The van der Waals surface area contributed by atoms with Gasteiger partial charge in [0.1, 0.15) is 6.07 Å². The summed E-state index contributed by atoms with van der Waals surface area (Å²) in [6.45, 7) is 2.05. The second kappa shape index (κ2) is 5.20. The van der Waals surface area contributed by atoms with Gasteiger partial charge >= 0.3 is 0 Å². The Hall–Kier alpha value is -1.24. The molecule has 2 rings (SSSR count). The zero-order valence-electron chi connectivity index (χ0n) is 9.04. The molecule has 3 nitrogen and oxygen atoms in total. The Morgan fingerprint density at radius 1 is 1.25 bits per heavy atom. The molecular formula is C12H14ClN3. The summed E-state index contributed by atoms with van der Waals surface area (Å²) in [6.07, 6.45) is 3.70. The molecule has 0 aliphatic carbocycles. The number of hydrazine groups is 1. The molecule has 0 atom stereocenters. The maximum Gasteiger partial charge on any atom is 0.103 e. The molecule has 0 amide bonds. The average Bonchev–Trinajstić information content (AvgIpc) is 2.31. The molecular weight excluding hydrogens is 222 g/mol. The first kappa shape index (κ1) is 11.3. The van der Waals surface area contributed by atoms with E-state index in [0.29, 0.717) is 10.6 Å². The third-order valence-corrected chi connectivity index (χ3v) is 3.08. The highest BCUT2D eigenvalue weighted by atomic mass is 35.5. The summed E-state index contributed by atoms with van der Waals surface area (Å²) in [5, 5.41) is 11.7. The molecule has 1 aromatic carbocycles. The van der Waals surface area contributed by atoms with E-state index in [1.54, 1.807) is 6.07 Å². The third kappa shape index (κ3) is 2.46. The van der Waals surface area contributed by atoms with Gasteiger partial charge in [0.2, 0.25) is 0 Å². The van der Waals surface area contributed by atoms with E-state index in [2.05, 4.69) is 16.5 Å². The van der Waals surface area contributed by atoms with Crippen LogP contribution in [0, 0.1) is 11.3 Å². The van der Waals surface area contributed by atoms with Crippen LogP contribution in [-0.4, -0.2) is 18.1 Å². The summed E-state index contributed by atoms with van der Waals surface area (Å²) in [7, 11) is 0. The van der Waals surface area contributed by atoms with Crippen LogP contribution in [0.1, 0.15) is 24.8 Å². The zero-order chi connectivity index (χ0) is 11.4. The van der Waals surface area contributed by atoms with E-state index in [0.717, 1.165) is 18.8 Å². The summed E-state index contributed by atoms with van der Waals surface area (Å²) >= 11 is 5.97. The molecule has 1 heterocycles. The van der Waals surface area contributed by atoms with E-state index in [1.807, 2.05) is 12.1 Å². The van der Waals surface area contributed by atoms with E-state index < -0.39 is 0 Å². The number of rotatable bonds is 2. The molecule has 1 aliphatic heterocycles. The van der Waals surface area contributed by atoms with Crippen molar-refractivity contribution in [3.8, 4) is 6.07 Å². The molecule has 0 aromatic heterocycles. The minimum Gasteiger partial charge on any atom is -0.317 e. The summed E-state index contributed by atoms with van der Waals surface area (Å²) in [6, 6.07) is 7.61. The summed E-state index contributed by atoms with van der Waals surface area (Å²) in [4.78, 5) is 0. The van der Waals surface area contributed by atoms with Crippen LogP contribution in [0.4, 0.5) is 5.69 Å². The van der Waals surface area contributed by atoms with Crippen molar-refractivity contribution < 1.29 is 0 Å². The fourth-order valence-corrected chi connectivity index (χ4v) is 2.12. The molecule has 0 unspecified atom stereocenters. The number of nitrogens with zero attached hydrogens (tertiary/aromatic N) is 2. The SMILES string of the molecule is N#Cc1c(Cl)cccc1NN1CCCCC1. The largest absolute Gasteiger partial charge is 0.317 e. The van der Waals surface area contributed by atoms with E-state index >= 15 is 0 Å². The Kier molecular flexibility index (Phi) is 3.66. The van der Waals surface area contributed by atoms with Crippen LogP contribution in [0.3, 0.4) is 0 Å². The van der Waals surface area contributed by atoms with Crippen LogP contribution in [0.2, 0.25) is 5.02 Å². The van der Waals surface area contributed by atoms with Crippen molar-refractivity contribution in [2.75, 3.05) is 18.5 Å². The lowest BCUT2D eigenvalue weighted by Gasteiger charge is -2.28. The van der Waals surface area contributed by atoms with E-state index in [1.165, 1.54) is 19.3 Å². The van der Waals surface area contributed by atoms with E-state index in [9.17, 15) is 0 Å². The highest BCUT2D eigenvalue weighted by Gasteiger charge is 2.12. The van der Waals surface area contributed by atoms with Gasteiger partial charge in [-0.05, 0) is 25.0 Å². The summed E-state index contributed by atoms with van der Waals surface area (Å²) in [5.41, 5.74) is 4.59. The van der Waals surface area contributed by atoms with Crippen LogP contribution in [0.15, 0.2) is 18.2 Å². The molecule has 1 saturated heterocycles. The van der Waals surface area contributed by atoms with E-state index in [-0.39, 0.29) is 0 Å². The first-order valence-electron chi connectivity index (χ1n) is 5.51. The highest BCUT2D eigenvalue weighted by Crippen LogP contribution is 2.24. The number of piperidine rings is 1. The monoisotopic (exact) mass is 235 g/mol. The van der Waals surface area contributed by atoms with Gasteiger partial charge < -0.3 is 5.43 Å². The molecule has 1 N–H and O–H groups in total. The third-order valence-electron chi connectivity index (χ3n) is 2.76. The Labute approximate surface area is 101 Å². The lowest BCUT2D eigenvalue weighted by molar-refractivity contribution is 0.273. The molecule has 1 fully saturated rings. The van der Waals surface area contributed by atoms with Crippen molar-refractivity contribution in [3.63, 3.8) is 0 Å². The molecule has 1 aromatic rings. The van der Waals surface area contributed by atoms with Crippen LogP contribution < -0.4 is 5.43 Å². The minimum absolute atomic E-state index is 0.504. The number of benzene rings is 1. The summed E-state index contributed by atoms with van der Waals surface area (Å²) in [5.74, 6) is 0. The maximum atomic E-state index is 9.04. The van der Waals surface area contributed by atoms with Gasteiger partial charge in [-0.3, -0.25) is 0 Å². The number of nitriles is 1. The number of halogens is 1. The Balaban J connectivity index is 2.14. The quantitative estimate of drug-likeness (QED) is 0.857. The Bertz CT molecular complexity index is 405. The van der Waals surface area contributed by atoms with Crippen molar-refractivity contribution in [1.82, 2.24) is 5.01 Å². The summed E-state index contributed by atoms with van der Waals surface area (Å²) < 4.78 is 0. The fraction of sp³-hybridized carbons (Fsp3) is 0.417. The molecule has 0 saturated carbocycles. The molecule has 4 heteroatoms. The van der Waals surface area contributed by atoms with Gasteiger partial charge in [0.25, 0.3) is 0 Å². The van der Waals surface area contributed by atoms with Gasteiger partial charge in [-0.1, -0.05) is 24.1 Å². The molecule has 16 heavy (non-hydrogen) atoms. The maximum absolute atomic E-state index is 9.04. The highest BCUT2D eigenvalue weighted by molar-refractivity contribution is 6.32. The second-order valence-electron chi connectivity index (χ2n) is 3.93. The van der Waals surface area contributed by atoms with Gasteiger partial charge in [0, 0.05) is 13.1 Å². The Morgan fingerprint density at radius 3 is 2.69 bits per heavy atom. The molecule has 84 valence electrons. The van der Waals surface area contributed by atoms with Gasteiger partial charge in [-0.25, -0.2) is 5.01 Å². The van der Waals surface area contributed by atoms with E-state index in [4.69, 9.17) is 16.9 Å². The van der Waals surface area contributed by atoms with Gasteiger partial charge in [0.05, 0.1) is 16.3 Å². The molecule has 1 aliphatic rings. The first-order chi connectivity index (χ1) is 7.81. The lowest BCUT2D eigenvalue weighted by Crippen LogP contribution is -2.35. The first-order valence-corrected chi connectivity index (χ1v) is 5.89. The van der Waals surface area contributed by atoms with Crippen LogP contribution in [0.25, 0.3) is 0 Å². The molecule has 0 radical (unpaired) electrons. The fourth-order valence-electron chi connectivity index (χ4n) is 1.91. The number of anilines is 1. The van der Waals surface area contributed by atoms with Gasteiger partial charge in [-0.15, -0.1) is 0 Å². The second-order valence-corrected chi connectivity index (χ2v) is 4.34. The van der Waals surface area contributed by atoms with Crippen molar-refractivity contribution in [2.24, 2.45) is 0 Å². The van der Waals surface area contributed by atoms with Crippen LogP contribution in [0.5, 0.6) is 0 Å². The van der Waals surface area contributed by atoms with Gasteiger partial charge in [-0.2, -0.15) is 5.26 Å². The Morgan fingerprint density at radius 2 is 2.00 bits per heavy atom. The normalized spacial score (nSPS) is 16.8. The number of hydrogen-bond donors (Lipinski definition) is 1. The predicted octanol–water partition coefficient (Wildman–Crippen LogP) is 3.02. The molecule has 0 spiro atoms. The van der Waals surface area contributed by atoms with Crippen molar-refractivity contribution in [1.29, 1.82) is 5.26 Å². The smallest absolute Gasteiger partial charge is 0.103 e. The lowest BCUT2D eigenvalue weighted by atomic mass is 10.1. The topological polar surface area (TPSA) is 39.1 Å². The van der Waals surface area contributed by atoms with Gasteiger partial charge in [0.15, 0.2) is 0 Å². The van der Waals surface area contributed by atoms with Crippen molar-refractivity contribution >= 4 is 17.3 Å². The predicted molar refractivity (Wildman–Crippen MR) is 65.2 cm³/mol. The van der Waals surface area contributed by atoms with Crippen molar-refractivity contribution in [3.05, 3.63) is 28.8 Å². The number of hydrogen-bond acceptors (Lipinski definition) is 3. The zero-order valence-corrected chi connectivity index (χ0v) is 9.80. The average molecular weight is 236 g/mol. The van der Waals surface area contributed by atoms with Crippen molar-refractivity contribution in [2.45, 2.75) is 19.3 Å². The minimum atomic E-state index is 0.504. The van der Waals surface area contributed by atoms with Crippen LogP contribution >= 0.6 is 11.6 Å². The molecule has 0 bridgehead atoms. The van der Waals surface area contributed by atoms with Crippen LogP contribution in [-0.2, 0) is 0 Å². The standard InChI is InChI=1S/C12H14ClN3/c13-11-5-4-6-12(10(11)9-14)15-16-7-2-1-3-8-16/h4-6,15H,1-3,7-8H2.